The van der Waals surface area contributed by atoms with Gasteiger partial charge in [-0.1, -0.05) is 65.7 Å². The molecular weight excluding hydrogens is 589 g/mol. The van der Waals surface area contributed by atoms with Crippen LogP contribution >= 0.6 is 23.2 Å². The summed E-state index contributed by atoms with van der Waals surface area (Å²) in [7, 11) is 0. The van der Waals surface area contributed by atoms with Crippen LogP contribution in [0.2, 0.25) is 10.0 Å². The number of benzene rings is 4. The van der Waals surface area contributed by atoms with Crippen molar-refractivity contribution in [3.8, 4) is 11.8 Å². The molecule has 224 valence electrons. The zero-order chi connectivity index (χ0) is 30.5. The molecule has 2 heterocycles. The maximum absolute atomic E-state index is 14.8. The summed E-state index contributed by atoms with van der Waals surface area (Å²) in [4.78, 5) is 19.3. The minimum absolute atomic E-state index is 0.160. The van der Waals surface area contributed by atoms with Crippen molar-refractivity contribution < 1.29 is 9.53 Å². The van der Waals surface area contributed by atoms with Gasteiger partial charge in [-0.15, -0.1) is 0 Å². The number of nitriles is 1. The number of anilines is 1. The first-order chi connectivity index (χ1) is 21.5. The van der Waals surface area contributed by atoms with E-state index in [4.69, 9.17) is 33.2 Å². The normalized spacial score (nSPS) is 18.7. The van der Waals surface area contributed by atoms with Gasteiger partial charge in [-0.25, -0.2) is 0 Å². The fraction of sp³-hybridized carbons (Fsp3) is 0.297. The van der Waals surface area contributed by atoms with E-state index in [1.165, 1.54) is 0 Å². The minimum atomic E-state index is -0.676. The van der Waals surface area contributed by atoms with Crippen molar-refractivity contribution in [1.82, 2.24) is 4.90 Å². The van der Waals surface area contributed by atoms with Crippen LogP contribution in [0.15, 0.2) is 97.1 Å². The summed E-state index contributed by atoms with van der Waals surface area (Å²) in [5, 5.41) is 10.3. The van der Waals surface area contributed by atoms with Gasteiger partial charge in [0, 0.05) is 22.3 Å². The maximum Gasteiger partial charge on any atom is 0.238 e. The fourth-order valence-electron chi connectivity index (χ4n) is 6.96. The Kier molecular flexibility index (Phi) is 9.23. The van der Waals surface area contributed by atoms with Gasteiger partial charge in [-0.3, -0.25) is 4.79 Å². The molecule has 1 amide bonds. The molecule has 1 unspecified atom stereocenters. The summed E-state index contributed by atoms with van der Waals surface area (Å²) in [5.74, 6) is 1.13. The van der Waals surface area contributed by atoms with E-state index in [-0.39, 0.29) is 11.8 Å². The Balaban J connectivity index is 1.20. The smallest absolute Gasteiger partial charge is 0.238 e. The van der Waals surface area contributed by atoms with E-state index >= 15 is 0 Å². The fourth-order valence-corrected chi connectivity index (χ4v) is 7.38. The van der Waals surface area contributed by atoms with Crippen LogP contribution in [-0.2, 0) is 23.2 Å². The third-order valence-corrected chi connectivity index (χ3v) is 9.53. The van der Waals surface area contributed by atoms with E-state index in [1.54, 1.807) is 12.1 Å². The maximum atomic E-state index is 14.8. The number of carbonyl (C=O) groups is 1. The van der Waals surface area contributed by atoms with Gasteiger partial charge >= 0.3 is 0 Å². The zero-order valence-electron chi connectivity index (χ0n) is 24.6. The lowest BCUT2D eigenvalue weighted by molar-refractivity contribution is -0.126. The van der Waals surface area contributed by atoms with Crippen LogP contribution in [0.1, 0.15) is 41.5 Å². The van der Waals surface area contributed by atoms with Crippen LogP contribution in [0.25, 0.3) is 0 Å². The molecule has 6 rings (SSSR count). The van der Waals surface area contributed by atoms with Crippen LogP contribution in [0.4, 0.5) is 5.69 Å². The topological polar surface area (TPSA) is 56.6 Å². The molecule has 0 aliphatic carbocycles. The van der Waals surface area contributed by atoms with Crippen molar-refractivity contribution in [2.45, 2.75) is 37.6 Å². The zero-order valence-corrected chi connectivity index (χ0v) is 26.1. The number of hydrogen-bond donors (Lipinski definition) is 0. The van der Waals surface area contributed by atoms with Crippen molar-refractivity contribution in [1.29, 1.82) is 5.26 Å². The monoisotopic (exact) mass is 623 g/mol. The Morgan fingerprint density at radius 2 is 1.55 bits per heavy atom. The summed E-state index contributed by atoms with van der Waals surface area (Å²) in [5.41, 5.74) is 4.14. The number of nitrogens with zero attached hydrogens (tertiary/aromatic N) is 3. The van der Waals surface area contributed by atoms with Gasteiger partial charge < -0.3 is 14.5 Å². The van der Waals surface area contributed by atoms with Crippen LogP contribution in [0, 0.1) is 17.2 Å². The Labute approximate surface area is 269 Å². The molecule has 1 atom stereocenters. The van der Waals surface area contributed by atoms with E-state index in [0.717, 1.165) is 67.0 Å². The summed E-state index contributed by atoms with van der Waals surface area (Å²) >= 11 is 12.8. The predicted octanol–water partition coefficient (Wildman–Crippen LogP) is 8.07. The van der Waals surface area contributed by atoms with E-state index in [0.29, 0.717) is 35.2 Å². The summed E-state index contributed by atoms with van der Waals surface area (Å²) in [6.45, 7) is 3.90. The first-order valence-corrected chi connectivity index (χ1v) is 16.0. The van der Waals surface area contributed by atoms with Crippen molar-refractivity contribution in [3.63, 3.8) is 0 Å². The molecule has 0 saturated carbocycles. The first-order valence-electron chi connectivity index (χ1n) is 15.2. The quantitative estimate of drug-likeness (QED) is 0.168. The van der Waals surface area contributed by atoms with Gasteiger partial charge in [0.15, 0.2) is 0 Å². The molecule has 4 aromatic carbocycles. The number of ether oxygens (including phenoxy) is 1. The highest BCUT2D eigenvalue weighted by atomic mass is 35.5. The lowest BCUT2D eigenvalue weighted by Crippen LogP contribution is -2.51. The Morgan fingerprint density at radius 1 is 0.864 bits per heavy atom. The number of piperidine rings is 1. The third-order valence-electron chi connectivity index (χ3n) is 9.06. The number of likely N-dealkylation sites (tertiary alicyclic amines) is 1. The molecular formula is C37H35Cl2N3O2. The number of amides is 1. The lowest BCUT2D eigenvalue weighted by Gasteiger charge is -2.42. The van der Waals surface area contributed by atoms with E-state index in [1.807, 2.05) is 65.6 Å². The van der Waals surface area contributed by atoms with Crippen LogP contribution in [0.3, 0.4) is 0 Å². The van der Waals surface area contributed by atoms with Crippen LogP contribution < -0.4 is 9.64 Å². The average molecular weight is 625 g/mol. The molecule has 2 aliphatic rings. The third kappa shape index (κ3) is 6.35. The van der Waals surface area contributed by atoms with Gasteiger partial charge in [-0.2, -0.15) is 5.26 Å². The second-order valence-corrected chi connectivity index (χ2v) is 12.6. The molecule has 5 nitrogen and oxygen atoms in total. The largest absolute Gasteiger partial charge is 0.494 e. The van der Waals surface area contributed by atoms with Gasteiger partial charge in [-0.05, 0) is 116 Å². The number of hydrogen-bond acceptors (Lipinski definition) is 4. The van der Waals surface area contributed by atoms with Gasteiger partial charge in [0.2, 0.25) is 5.91 Å². The summed E-state index contributed by atoms with van der Waals surface area (Å²) in [6, 6.07) is 33.4. The average Bonchev–Trinajstić information content (AvgIpc) is 3.27. The van der Waals surface area contributed by atoms with Crippen molar-refractivity contribution in [2.75, 3.05) is 31.1 Å². The Hall–Kier alpha value is -3.82. The number of halogens is 2. The molecule has 0 aromatic heterocycles. The number of rotatable bonds is 10. The molecule has 1 saturated heterocycles. The minimum Gasteiger partial charge on any atom is -0.494 e. The Morgan fingerprint density at radius 3 is 2.25 bits per heavy atom. The van der Waals surface area contributed by atoms with Crippen LogP contribution in [0.5, 0.6) is 5.75 Å². The molecule has 7 heteroatoms. The van der Waals surface area contributed by atoms with Crippen molar-refractivity contribution in [3.05, 3.63) is 129 Å². The van der Waals surface area contributed by atoms with E-state index < -0.39 is 5.41 Å². The second-order valence-electron chi connectivity index (χ2n) is 11.8. The summed E-state index contributed by atoms with van der Waals surface area (Å²) < 4.78 is 5.91. The highest BCUT2D eigenvalue weighted by Gasteiger charge is 2.55. The molecule has 1 fully saturated rings. The van der Waals surface area contributed by atoms with Gasteiger partial charge in [0.1, 0.15) is 5.75 Å². The van der Waals surface area contributed by atoms with E-state index in [2.05, 4.69) is 35.2 Å². The molecule has 0 radical (unpaired) electrons. The van der Waals surface area contributed by atoms with Gasteiger partial charge in [0.05, 0.1) is 30.2 Å². The molecule has 4 aromatic rings. The number of fused-ring (bicyclic) bond motifs is 1. The first kappa shape index (κ1) is 30.2. The number of carbonyl (C=O) groups excluding carboxylic acids is 1. The SMILES string of the molecule is N#Cc1ccc(OCCCN2CCC(C3(Cc4cccc(Cl)c4)C(=O)N(Cc4cccc(Cl)c4)c4ccccc43)CC2)cc1. The molecule has 0 bridgehead atoms. The van der Waals surface area contributed by atoms with Gasteiger partial charge in [0.25, 0.3) is 0 Å². The number of para-hydroxylation sites is 1. The molecule has 0 spiro atoms. The second kappa shape index (κ2) is 13.4. The highest BCUT2D eigenvalue weighted by Crippen LogP contribution is 2.51. The summed E-state index contributed by atoms with van der Waals surface area (Å²) in [6.07, 6.45) is 3.39. The highest BCUT2D eigenvalue weighted by molar-refractivity contribution is 6.31. The predicted molar refractivity (Wildman–Crippen MR) is 176 cm³/mol. The van der Waals surface area contributed by atoms with Crippen molar-refractivity contribution in [2.24, 2.45) is 5.92 Å². The lowest BCUT2D eigenvalue weighted by atomic mass is 9.64. The van der Waals surface area contributed by atoms with E-state index in [9.17, 15) is 4.79 Å². The molecule has 2 aliphatic heterocycles. The van der Waals surface area contributed by atoms with Crippen LogP contribution in [-0.4, -0.2) is 37.0 Å². The Bertz CT molecular complexity index is 1660. The molecule has 0 N–H and O–H groups in total. The standard InChI is InChI=1S/C37H35Cl2N3O2/c38-31-8-3-6-28(22-31)24-37(30-16-19-41(20-17-30)18-5-21-44-33-14-12-27(25-40)13-15-33)34-10-1-2-11-35(34)42(36(37)43)26-29-7-4-9-32(39)23-29/h1-4,6-15,22-23,30H,5,16-21,24,26H2. The van der Waals surface area contributed by atoms with Crippen molar-refractivity contribution >= 4 is 34.8 Å². The molecule has 44 heavy (non-hydrogen) atoms.